The number of imide groups is 1. The van der Waals surface area contributed by atoms with E-state index >= 15 is 0 Å². The van der Waals surface area contributed by atoms with Crippen molar-refractivity contribution in [2.24, 2.45) is 0 Å². The van der Waals surface area contributed by atoms with Gasteiger partial charge in [-0.1, -0.05) is 38.7 Å². The minimum Gasteiger partial charge on any atom is -0.379 e. The molecule has 0 aromatic carbocycles. The van der Waals surface area contributed by atoms with E-state index in [1.54, 1.807) is 13.2 Å². The van der Waals surface area contributed by atoms with Crippen molar-refractivity contribution in [2.45, 2.75) is 71.9 Å². The molecule has 1 aromatic rings. The van der Waals surface area contributed by atoms with Crippen LogP contribution in [0.1, 0.15) is 66.0 Å². The van der Waals surface area contributed by atoms with Gasteiger partial charge in [-0.3, -0.25) is 29.6 Å². The molecule has 39 heavy (non-hydrogen) atoms. The molecule has 1 unspecified atom stereocenters. The average molecular weight is 544 g/mol. The molecule has 218 valence electrons. The third-order valence-electron chi connectivity index (χ3n) is 6.55. The van der Waals surface area contributed by atoms with Gasteiger partial charge in [-0.15, -0.1) is 0 Å². The highest BCUT2D eigenvalue weighted by Gasteiger charge is 2.34. The van der Waals surface area contributed by atoms with Crippen LogP contribution >= 0.6 is 0 Å². The molecule has 0 aliphatic carbocycles. The maximum Gasteiger partial charge on any atom is 0.235 e. The molecule has 0 bridgehead atoms. The molecule has 4 rings (SSSR count). The summed E-state index contributed by atoms with van der Waals surface area (Å²) in [6.45, 7) is 20.9. The molecule has 4 heterocycles. The van der Waals surface area contributed by atoms with E-state index in [2.05, 4.69) is 26.7 Å². The zero-order chi connectivity index (χ0) is 29.4. The number of carbonyl (C=O) groups is 3. The number of nitrogens with zero attached hydrogens (tertiary/aromatic N) is 4. The lowest BCUT2D eigenvalue weighted by Crippen LogP contribution is -2.63. The summed E-state index contributed by atoms with van der Waals surface area (Å²) in [6, 6.07) is 4.43. The second-order valence-electron chi connectivity index (χ2n) is 10.3. The van der Waals surface area contributed by atoms with Crippen LogP contribution in [0.25, 0.3) is 0 Å². The first-order chi connectivity index (χ1) is 18.6. The SMILES string of the molecule is C=C/C=C\C.CC.COC(C)(C)C.O=CN1CCN(C2CN(c3ccc(C4CCC(=O)NC4=O)nc3)C2)CC1. The Morgan fingerprint density at radius 2 is 1.72 bits per heavy atom. The summed E-state index contributed by atoms with van der Waals surface area (Å²) in [6.07, 6.45) is 9.22. The molecule has 3 amide bonds. The van der Waals surface area contributed by atoms with Crippen LogP contribution in [0.15, 0.2) is 43.1 Å². The molecule has 9 heteroatoms. The van der Waals surface area contributed by atoms with Crippen LogP contribution in [0.2, 0.25) is 0 Å². The van der Waals surface area contributed by atoms with E-state index in [0.717, 1.165) is 57.1 Å². The van der Waals surface area contributed by atoms with Crippen molar-refractivity contribution in [3.63, 3.8) is 0 Å². The Hall–Kier alpha value is -3.04. The number of piperidine rings is 1. The normalized spacial score (nSPS) is 19.8. The molecule has 3 fully saturated rings. The fraction of sp³-hybridized carbons (Fsp3) is 0.600. The first kappa shape index (κ1) is 34.0. The fourth-order valence-corrected chi connectivity index (χ4v) is 4.01. The number of methoxy groups -OCH3 is 1. The molecule has 3 aliphatic rings. The average Bonchev–Trinajstić information content (AvgIpc) is 2.91. The van der Waals surface area contributed by atoms with Crippen LogP contribution in [0.4, 0.5) is 5.69 Å². The van der Waals surface area contributed by atoms with E-state index in [4.69, 9.17) is 4.74 Å². The number of amides is 3. The molecular formula is C30H49N5O4. The molecule has 1 aromatic heterocycles. The smallest absolute Gasteiger partial charge is 0.235 e. The number of pyridine rings is 1. The third kappa shape index (κ3) is 11.7. The number of nitrogens with one attached hydrogen (secondary N) is 1. The molecule has 0 saturated carbocycles. The zero-order valence-corrected chi connectivity index (χ0v) is 25.0. The van der Waals surface area contributed by atoms with Crippen molar-refractivity contribution >= 4 is 23.9 Å². The van der Waals surface area contributed by atoms with Gasteiger partial charge in [0, 0.05) is 58.8 Å². The van der Waals surface area contributed by atoms with E-state index < -0.39 is 0 Å². The first-order valence-corrected chi connectivity index (χ1v) is 13.9. The van der Waals surface area contributed by atoms with Crippen LogP contribution in [-0.2, 0) is 19.1 Å². The minimum atomic E-state index is -0.333. The Kier molecular flexibility index (Phi) is 15.3. The van der Waals surface area contributed by atoms with E-state index in [9.17, 15) is 14.4 Å². The number of anilines is 1. The van der Waals surface area contributed by atoms with Crippen LogP contribution in [0.5, 0.6) is 0 Å². The molecule has 3 saturated heterocycles. The van der Waals surface area contributed by atoms with Crippen molar-refractivity contribution in [3.8, 4) is 0 Å². The van der Waals surface area contributed by atoms with Crippen molar-refractivity contribution < 1.29 is 19.1 Å². The second kappa shape index (κ2) is 17.5. The predicted octanol–water partition coefficient (Wildman–Crippen LogP) is 3.77. The van der Waals surface area contributed by atoms with Crippen LogP contribution in [0.3, 0.4) is 0 Å². The number of hydrogen-bond acceptors (Lipinski definition) is 7. The van der Waals surface area contributed by atoms with E-state index in [1.807, 2.05) is 76.9 Å². The summed E-state index contributed by atoms with van der Waals surface area (Å²) in [4.78, 5) is 45.0. The van der Waals surface area contributed by atoms with Crippen molar-refractivity contribution in [3.05, 3.63) is 48.8 Å². The van der Waals surface area contributed by atoms with Gasteiger partial charge < -0.3 is 14.5 Å². The number of piperazine rings is 1. The number of carbonyl (C=O) groups excluding carboxylic acids is 3. The van der Waals surface area contributed by atoms with Gasteiger partial charge in [0.05, 0.1) is 29.1 Å². The van der Waals surface area contributed by atoms with Crippen LogP contribution < -0.4 is 10.2 Å². The summed E-state index contributed by atoms with van der Waals surface area (Å²) in [5.74, 6) is -0.788. The van der Waals surface area contributed by atoms with Gasteiger partial charge in [0.2, 0.25) is 18.2 Å². The highest BCUT2D eigenvalue weighted by Crippen LogP contribution is 2.27. The van der Waals surface area contributed by atoms with Gasteiger partial charge in [-0.25, -0.2) is 0 Å². The number of allylic oxidation sites excluding steroid dienone is 3. The van der Waals surface area contributed by atoms with E-state index in [-0.39, 0.29) is 23.3 Å². The van der Waals surface area contributed by atoms with Gasteiger partial charge in [-0.05, 0) is 46.2 Å². The minimum absolute atomic E-state index is 0.0417. The summed E-state index contributed by atoms with van der Waals surface area (Å²) >= 11 is 0. The third-order valence-corrected chi connectivity index (χ3v) is 6.55. The Labute approximate surface area is 235 Å². The van der Waals surface area contributed by atoms with Crippen molar-refractivity contribution in [1.29, 1.82) is 0 Å². The molecule has 0 radical (unpaired) electrons. The van der Waals surface area contributed by atoms with Crippen molar-refractivity contribution in [1.82, 2.24) is 20.1 Å². The lowest BCUT2D eigenvalue weighted by atomic mass is 9.94. The second-order valence-corrected chi connectivity index (χ2v) is 10.3. The van der Waals surface area contributed by atoms with E-state index in [1.165, 1.54) is 0 Å². The van der Waals surface area contributed by atoms with Gasteiger partial charge in [-0.2, -0.15) is 0 Å². The van der Waals surface area contributed by atoms with Gasteiger partial charge in [0.25, 0.3) is 0 Å². The summed E-state index contributed by atoms with van der Waals surface area (Å²) in [5.41, 5.74) is 1.82. The van der Waals surface area contributed by atoms with Gasteiger partial charge in [0.15, 0.2) is 0 Å². The number of hydrogen-bond donors (Lipinski definition) is 1. The van der Waals surface area contributed by atoms with Gasteiger partial charge in [0.1, 0.15) is 0 Å². The molecule has 1 N–H and O–H groups in total. The zero-order valence-electron chi connectivity index (χ0n) is 25.0. The Morgan fingerprint density at radius 3 is 2.13 bits per heavy atom. The number of aromatic nitrogens is 1. The maximum absolute atomic E-state index is 11.9. The largest absolute Gasteiger partial charge is 0.379 e. The summed E-state index contributed by atoms with van der Waals surface area (Å²) < 4.78 is 4.94. The van der Waals surface area contributed by atoms with Crippen molar-refractivity contribution in [2.75, 3.05) is 51.3 Å². The van der Waals surface area contributed by atoms with Crippen LogP contribution in [0, 0.1) is 0 Å². The Balaban J connectivity index is 0.000000493. The maximum atomic E-state index is 11.9. The molecule has 9 nitrogen and oxygen atoms in total. The quantitative estimate of drug-likeness (QED) is 0.343. The van der Waals surface area contributed by atoms with Gasteiger partial charge >= 0.3 is 0 Å². The topological polar surface area (TPSA) is 95.1 Å². The Bertz CT molecular complexity index is 912. The summed E-state index contributed by atoms with van der Waals surface area (Å²) in [5, 5.41) is 2.38. The fourth-order valence-electron chi connectivity index (χ4n) is 4.01. The molecular weight excluding hydrogens is 494 g/mol. The molecule has 0 spiro atoms. The summed E-state index contributed by atoms with van der Waals surface area (Å²) in [7, 11) is 1.71. The molecule has 1 atom stereocenters. The van der Waals surface area contributed by atoms with Crippen LogP contribution in [-0.4, -0.2) is 91.0 Å². The lowest BCUT2D eigenvalue weighted by molar-refractivity contribution is -0.134. The first-order valence-electron chi connectivity index (χ1n) is 13.9. The predicted molar refractivity (Wildman–Crippen MR) is 158 cm³/mol. The standard InChI is InChI=1S/C18H23N5O3.C5H12O.C5H8.C2H6/c24-12-21-5-7-22(8-6-21)14-10-23(11-14)13-1-3-16(19-9-13)15-2-4-17(25)20-18(15)26;1-5(2,3)6-4;1-3-5-4-2;1-2/h1,3,9,12,14-15H,2,4-8,10-11H2,(H,20,25,26);1-4H3;3-5H,1H2,2H3;1-2H3/b;;5-4-;. The highest BCUT2D eigenvalue weighted by molar-refractivity contribution is 6.00. The number of ether oxygens (including phenoxy) is 1. The van der Waals surface area contributed by atoms with E-state index in [0.29, 0.717) is 18.9 Å². The Morgan fingerprint density at radius 1 is 1.10 bits per heavy atom. The number of rotatable bonds is 5. The monoisotopic (exact) mass is 543 g/mol. The highest BCUT2D eigenvalue weighted by atomic mass is 16.5. The molecule has 3 aliphatic heterocycles. The lowest BCUT2D eigenvalue weighted by Gasteiger charge is -2.48.